The number of urea groups is 1. The van der Waals surface area contributed by atoms with Crippen LogP contribution in [-0.4, -0.2) is 176 Å². The van der Waals surface area contributed by atoms with Crippen LogP contribution in [0.1, 0.15) is 113 Å². The molecule has 2 saturated heterocycles. The number of ether oxygens (including phenoxy) is 4. The molecule has 3 atom stereocenters. The Kier molecular flexibility index (Phi) is 24.0. The van der Waals surface area contributed by atoms with Crippen molar-refractivity contribution in [1.29, 1.82) is 0 Å². The zero-order chi connectivity index (χ0) is 59.3. The smallest absolute Gasteiger partial charge is 0.315 e. The first-order valence-electron chi connectivity index (χ1n) is 29.0. The molecule has 0 radical (unpaired) electrons. The topological polar surface area (TPSA) is 288 Å². The quantitative estimate of drug-likeness (QED) is 0.0206. The molecule has 2 aromatic carbocycles. The van der Waals surface area contributed by atoms with Crippen LogP contribution < -0.4 is 36.8 Å². The number of amides is 6. The van der Waals surface area contributed by atoms with Gasteiger partial charge in [-0.05, 0) is 79.5 Å². The van der Waals surface area contributed by atoms with Crippen molar-refractivity contribution in [3.8, 4) is 0 Å². The molecule has 1 saturated carbocycles. The van der Waals surface area contributed by atoms with Crippen molar-refractivity contribution in [3.05, 3.63) is 99.6 Å². The first-order chi connectivity index (χ1) is 40.7. The van der Waals surface area contributed by atoms with Crippen LogP contribution in [0, 0.1) is 5.41 Å². The number of allylic oxidation sites excluding steroid dienone is 5. The highest BCUT2D eigenvalue weighted by atomic mass is 35.5. The number of anilines is 1. The average Bonchev–Trinajstić information content (AvgIpc) is 3.69. The summed E-state index contributed by atoms with van der Waals surface area (Å²) in [5.74, 6) is -0.438. The van der Waals surface area contributed by atoms with E-state index in [4.69, 9.17) is 30.5 Å². The van der Waals surface area contributed by atoms with Crippen LogP contribution in [0.2, 0.25) is 5.02 Å². The number of rotatable bonds is 33. The van der Waals surface area contributed by atoms with Crippen LogP contribution >= 0.6 is 23.4 Å². The zero-order valence-electron chi connectivity index (χ0n) is 47.9. The number of unbranched alkanes of at least 4 members (excludes halogenated alkanes) is 1. The molecule has 25 heteroatoms. The van der Waals surface area contributed by atoms with Crippen LogP contribution in [0.25, 0.3) is 5.70 Å². The number of nitrogens with one attached hydrogen (secondary N) is 6. The molecule has 23 nitrogen and oxygen atoms in total. The number of hydrogen-bond acceptors (Lipinski definition) is 17. The van der Waals surface area contributed by atoms with Gasteiger partial charge in [-0.2, -0.15) is 11.8 Å². The van der Waals surface area contributed by atoms with E-state index in [1.807, 2.05) is 68.1 Å². The maximum absolute atomic E-state index is 13.3. The predicted molar refractivity (Wildman–Crippen MR) is 317 cm³/mol. The van der Waals surface area contributed by atoms with Crippen LogP contribution in [0.15, 0.2) is 82.6 Å². The predicted octanol–water partition coefficient (Wildman–Crippen LogP) is 4.85. The molecule has 0 unspecified atom stereocenters. The molecule has 8 rings (SSSR count). The van der Waals surface area contributed by atoms with Crippen LogP contribution in [0.3, 0.4) is 0 Å². The highest BCUT2D eigenvalue weighted by Gasteiger charge is 2.42. The maximum Gasteiger partial charge on any atom is 0.315 e. The molecule has 3 aromatic rings. The van der Waals surface area contributed by atoms with Crippen LogP contribution in [0.5, 0.6) is 0 Å². The highest BCUT2D eigenvalue weighted by Crippen LogP contribution is 2.36. The molecule has 0 bridgehead atoms. The number of aromatic nitrogens is 4. The molecule has 6 amide bonds. The Bertz CT molecular complexity index is 2930. The first-order valence-corrected chi connectivity index (χ1v) is 30.4. The number of benzene rings is 2. The summed E-state index contributed by atoms with van der Waals surface area (Å²) in [6, 6.07) is 15.3. The van der Waals surface area contributed by atoms with Gasteiger partial charge in [-0.3, -0.25) is 33.8 Å². The number of hydrogen-bond donors (Lipinski definition) is 6. The van der Waals surface area contributed by atoms with Crippen molar-refractivity contribution in [2.75, 3.05) is 96.2 Å². The molecular formula is C59H77ClN12O11S. The van der Waals surface area contributed by atoms with Crippen molar-refractivity contribution in [1.82, 2.24) is 52.1 Å². The number of nitrogens with zero attached hydrogens (tertiary/aromatic N) is 6. The van der Waals surface area contributed by atoms with Gasteiger partial charge in [0.15, 0.2) is 11.6 Å². The molecule has 2 aliphatic carbocycles. The van der Waals surface area contributed by atoms with E-state index in [0.29, 0.717) is 143 Å². The number of tetrazole rings is 1. The van der Waals surface area contributed by atoms with Gasteiger partial charge in [-0.15, -0.1) is 15.0 Å². The SMILES string of the molecule is CC1(C)CC(=O)C(=C(CCOCCOCCOCCOCCNC(=O)CCCC[C@@H]2SC[C@@H]3NC(=O)N[C@@H]32)NCCCC(=O)NC2=CC=C(n3nnc(C(=O)NCCCN4C(=O)CN=C(c5ccccc5)c5cc(Cl)ccc54)n3)CC2)C(=O)C1. The Hall–Kier alpha value is -6.83. The molecule has 452 valence electrons. The summed E-state index contributed by atoms with van der Waals surface area (Å²) in [7, 11) is 0. The third kappa shape index (κ3) is 18.8. The second kappa shape index (κ2) is 31.9. The minimum atomic E-state index is -0.509. The number of ketones is 2. The molecule has 5 aliphatic rings. The van der Waals surface area contributed by atoms with Gasteiger partial charge in [-0.1, -0.05) is 62.2 Å². The highest BCUT2D eigenvalue weighted by molar-refractivity contribution is 8.00. The minimum absolute atomic E-state index is 0.00563. The summed E-state index contributed by atoms with van der Waals surface area (Å²) >= 11 is 8.28. The summed E-state index contributed by atoms with van der Waals surface area (Å²) in [5, 5.41) is 31.2. The molecule has 0 spiro atoms. The number of Topliss-reactive ketones (excluding diaryl/α,β-unsaturated/α-hetero) is 2. The lowest BCUT2D eigenvalue weighted by Crippen LogP contribution is -2.36. The van der Waals surface area contributed by atoms with Gasteiger partial charge in [0, 0.05) is 96.8 Å². The summed E-state index contributed by atoms with van der Waals surface area (Å²) in [6.45, 7) is 7.94. The molecule has 84 heavy (non-hydrogen) atoms. The Morgan fingerprint density at radius 1 is 0.762 bits per heavy atom. The molecule has 1 aromatic heterocycles. The van der Waals surface area contributed by atoms with Crippen molar-refractivity contribution in [2.24, 2.45) is 10.4 Å². The number of halogens is 1. The van der Waals surface area contributed by atoms with E-state index in [2.05, 4.69) is 52.3 Å². The molecule has 6 N–H and O–H groups in total. The number of benzodiazepines with no additional fused rings is 1. The standard InChI is InChI=1S/C59H77ClN12O11S/c1-59(2)35-47(73)53(48(74)36-59)44(21-26-80-28-30-82-32-33-83-31-29-81-27-24-62-50(75)13-7-6-12-49-55-45(38-84-49)66-58(79)67-55)61-22-8-14-51(76)65-41-16-18-42(19-17-41)72-69-56(68-70-72)57(78)63-23-9-25-71-46-20-15-40(60)34-43(46)54(64-37-52(71)77)39-10-4-3-5-11-39/h3-5,10-11,15-16,18,20,34,45,49,55,61H,6-9,12-14,17,19,21-33,35-38H2,1-2H3,(H,62,75)(H,63,78)(H,65,76)(H2,66,67,79)/t45-,49-,55-/m0/s1. The Balaban J connectivity index is 0.668. The van der Waals surface area contributed by atoms with Crippen molar-refractivity contribution in [3.63, 3.8) is 0 Å². The summed E-state index contributed by atoms with van der Waals surface area (Å²) < 4.78 is 22.6. The van der Waals surface area contributed by atoms with Crippen molar-refractivity contribution < 1.29 is 52.5 Å². The van der Waals surface area contributed by atoms with Crippen molar-refractivity contribution in [2.45, 2.75) is 108 Å². The first kappa shape index (κ1) is 63.2. The van der Waals surface area contributed by atoms with E-state index < -0.39 is 11.3 Å². The maximum atomic E-state index is 13.3. The Morgan fingerprint density at radius 3 is 2.21 bits per heavy atom. The molecule has 4 heterocycles. The van der Waals surface area contributed by atoms with Gasteiger partial charge in [0.25, 0.3) is 11.7 Å². The summed E-state index contributed by atoms with van der Waals surface area (Å²) in [5.41, 5.74) is 4.68. The lowest BCUT2D eigenvalue weighted by Gasteiger charge is -2.30. The number of fused-ring (bicyclic) bond motifs is 2. The third-order valence-electron chi connectivity index (χ3n) is 14.7. The lowest BCUT2D eigenvalue weighted by molar-refractivity contribution is -0.128. The van der Waals surface area contributed by atoms with Crippen molar-refractivity contribution >= 4 is 81.7 Å². The normalized spacial score (nSPS) is 19.1. The third-order valence-corrected chi connectivity index (χ3v) is 16.4. The average molecular weight is 1200 g/mol. The lowest BCUT2D eigenvalue weighted by atomic mass is 9.73. The van der Waals surface area contributed by atoms with Crippen LogP contribution in [0.4, 0.5) is 10.5 Å². The Labute approximate surface area is 498 Å². The summed E-state index contributed by atoms with van der Waals surface area (Å²) in [6.07, 6.45) is 9.59. The fourth-order valence-electron chi connectivity index (χ4n) is 10.5. The van der Waals surface area contributed by atoms with Gasteiger partial charge >= 0.3 is 6.03 Å². The number of carbonyl (C=O) groups is 7. The largest absolute Gasteiger partial charge is 0.388 e. The number of aliphatic imine (C=N–C) groups is 1. The van der Waals surface area contributed by atoms with E-state index in [1.54, 1.807) is 23.1 Å². The van der Waals surface area contributed by atoms with Gasteiger partial charge in [0.2, 0.25) is 17.7 Å². The van der Waals surface area contributed by atoms with E-state index >= 15 is 0 Å². The second-order valence-electron chi connectivity index (χ2n) is 21.8. The fraction of sp³-hybridized carbons (Fsp3) is 0.542. The van der Waals surface area contributed by atoms with E-state index in [1.165, 1.54) is 4.80 Å². The molecule has 3 fully saturated rings. The minimum Gasteiger partial charge on any atom is -0.388 e. The van der Waals surface area contributed by atoms with Gasteiger partial charge in [-0.25, -0.2) is 4.79 Å². The molecule has 3 aliphatic heterocycles. The zero-order valence-corrected chi connectivity index (χ0v) is 49.4. The Morgan fingerprint density at radius 2 is 1.48 bits per heavy atom. The van der Waals surface area contributed by atoms with E-state index in [0.717, 1.165) is 36.1 Å². The fourth-order valence-corrected chi connectivity index (χ4v) is 12.2. The van der Waals surface area contributed by atoms with Gasteiger partial charge < -0.3 is 55.7 Å². The van der Waals surface area contributed by atoms with E-state index in [-0.39, 0.29) is 97.8 Å². The van der Waals surface area contributed by atoms with E-state index in [9.17, 15) is 33.6 Å². The summed E-state index contributed by atoms with van der Waals surface area (Å²) in [4.78, 5) is 97.4. The molecular weight excluding hydrogens is 1120 g/mol. The number of carbonyl (C=O) groups excluding carboxylic acids is 7. The monoisotopic (exact) mass is 1200 g/mol. The number of thioether (sulfide) groups is 1. The van der Waals surface area contributed by atoms with Gasteiger partial charge in [0.05, 0.1) is 87.6 Å². The second-order valence-corrected chi connectivity index (χ2v) is 23.5. The van der Waals surface area contributed by atoms with Gasteiger partial charge in [0.1, 0.15) is 6.54 Å². The van der Waals surface area contributed by atoms with Crippen LogP contribution in [-0.2, 0) is 42.9 Å².